The molecule has 0 spiro atoms. The van der Waals surface area contributed by atoms with E-state index < -0.39 is 12.0 Å². The highest BCUT2D eigenvalue weighted by Gasteiger charge is 2.37. The quantitative estimate of drug-likeness (QED) is 0.517. The van der Waals surface area contributed by atoms with Gasteiger partial charge in [-0.25, -0.2) is 9.48 Å². The van der Waals surface area contributed by atoms with Gasteiger partial charge in [-0.15, -0.1) is 5.10 Å². The minimum absolute atomic E-state index is 0.134. The molecule has 35 heavy (non-hydrogen) atoms. The predicted molar refractivity (Wildman–Crippen MR) is 130 cm³/mol. The molecular formula is C25H27N5O5. The number of nitrogens with zero attached hydrogens (tertiary/aromatic N) is 3. The number of ether oxygens (including phenoxy) is 3. The summed E-state index contributed by atoms with van der Waals surface area (Å²) < 4.78 is 17.3. The van der Waals surface area contributed by atoms with Crippen LogP contribution in [0.5, 0.6) is 11.5 Å². The van der Waals surface area contributed by atoms with Crippen molar-refractivity contribution < 1.29 is 23.8 Å². The Kier molecular flexibility index (Phi) is 6.46. The van der Waals surface area contributed by atoms with Gasteiger partial charge in [0.25, 0.3) is 11.7 Å². The molecule has 1 aliphatic rings. The molecule has 0 saturated heterocycles. The van der Waals surface area contributed by atoms with E-state index >= 15 is 0 Å². The predicted octanol–water partition coefficient (Wildman–Crippen LogP) is 3.63. The number of nitrogens with one attached hydrogen (secondary N) is 2. The fourth-order valence-corrected chi connectivity index (χ4v) is 4.11. The van der Waals surface area contributed by atoms with Crippen molar-refractivity contribution >= 4 is 23.5 Å². The summed E-state index contributed by atoms with van der Waals surface area (Å²) in [6.07, 6.45) is 0. The monoisotopic (exact) mass is 477 g/mol. The second kappa shape index (κ2) is 9.49. The summed E-state index contributed by atoms with van der Waals surface area (Å²) in [4.78, 5) is 30.2. The molecular weight excluding hydrogens is 450 g/mol. The largest absolute Gasteiger partial charge is 0.497 e. The minimum Gasteiger partial charge on any atom is -0.497 e. The molecule has 2 heterocycles. The molecule has 2 aromatic carbocycles. The number of amides is 1. The minimum atomic E-state index is -0.770. The lowest BCUT2D eigenvalue weighted by Gasteiger charge is -2.29. The molecule has 0 unspecified atom stereocenters. The highest BCUT2D eigenvalue weighted by molar-refractivity contribution is 6.06. The summed E-state index contributed by atoms with van der Waals surface area (Å²) >= 11 is 0. The lowest BCUT2D eigenvalue weighted by molar-refractivity contribution is -0.113. The van der Waals surface area contributed by atoms with Crippen LogP contribution in [-0.2, 0) is 9.53 Å². The van der Waals surface area contributed by atoms with Gasteiger partial charge in [0.05, 0.1) is 26.9 Å². The van der Waals surface area contributed by atoms with Crippen molar-refractivity contribution in [1.82, 2.24) is 14.8 Å². The number of allylic oxidation sites excluding steroid dienone is 1. The lowest BCUT2D eigenvalue weighted by atomic mass is 9.94. The Hall–Kier alpha value is -4.34. The topological polar surface area (TPSA) is 117 Å². The number of methoxy groups -OCH3 is 3. The van der Waals surface area contributed by atoms with Gasteiger partial charge in [0.15, 0.2) is 0 Å². The zero-order chi connectivity index (χ0) is 25.3. The van der Waals surface area contributed by atoms with Crippen LogP contribution < -0.4 is 20.1 Å². The SMILES string of the molecule is COC(=O)c1nc2n(n1)[C@@H](c1cc(OC)ccc1OC)C(C(=O)Nc1ccc(C)cc1C)=C(C)N2. The number of hydrogen-bond donors (Lipinski definition) is 2. The molecule has 3 aromatic rings. The molecule has 10 heteroatoms. The summed E-state index contributed by atoms with van der Waals surface area (Å²) in [5, 5.41) is 10.5. The van der Waals surface area contributed by atoms with Crippen LogP contribution in [0.3, 0.4) is 0 Å². The summed E-state index contributed by atoms with van der Waals surface area (Å²) in [7, 11) is 4.35. The summed E-state index contributed by atoms with van der Waals surface area (Å²) in [6.45, 7) is 5.70. The number of benzene rings is 2. The Morgan fingerprint density at radius 1 is 1.03 bits per heavy atom. The number of esters is 1. The van der Waals surface area contributed by atoms with E-state index in [0.29, 0.717) is 40.0 Å². The molecule has 182 valence electrons. The molecule has 2 N–H and O–H groups in total. The maximum atomic E-state index is 13.7. The Labute approximate surface area is 202 Å². The Morgan fingerprint density at radius 3 is 2.46 bits per heavy atom. The molecule has 1 atom stereocenters. The van der Waals surface area contributed by atoms with Crippen molar-refractivity contribution in [2.45, 2.75) is 26.8 Å². The number of carbonyl (C=O) groups is 2. The first-order valence-electron chi connectivity index (χ1n) is 10.9. The number of hydrogen-bond acceptors (Lipinski definition) is 8. The van der Waals surface area contributed by atoms with Gasteiger partial charge in [-0.1, -0.05) is 17.7 Å². The molecule has 0 fully saturated rings. The molecule has 0 radical (unpaired) electrons. The summed E-state index contributed by atoms with van der Waals surface area (Å²) in [6, 6.07) is 10.3. The van der Waals surface area contributed by atoms with Crippen molar-refractivity contribution in [3.8, 4) is 11.5 Å². The first kappa shape index (κ1) is 23.8. The zero-order valence-electron chi connectivity index (χ0n) is 20.4. The van der Waals surface area contributed by atoms with Crippen LogP contribution in [0.25, 0.3) is 0 Å². The van der Waals surface area contributed by atoms with E-state index in [-0.39, 0.29) is 11.7 Å². The summed E-state index contributed by atoms with van der Waals surface area (Å²) in [5.41, 5.74) is 4.27. The van der Waals surface area contributed by atoms with Gasteiger partial charge in [-0.05, 0) is 50.6 Å². The molecule has 4 rings (SSSR count). The smallest absolute Gasteiger partial charge is 0.378 e. The molecule has 0 saturated carbocycles. The van der Waals surface area contributed by atoms with E-state index in [1.807, 2.05) is 32.0 Å². The highest BCUT2D eigenvalue weighted by Crippen LogP contribution is 2.41. The van der Waals surface area contributed by atoms with E-state index in [2.05, 4.69) is 20.7 Å². The Balaban J connectivity index is 1.88. The van der Waals surface area contributed by atoms with E-state index in [1.165, 1.54) is 11.8 Å². The third-order valence-corrected chi connectivity index (χ3v) is 5.83. The lowest BCUT2D eigenvalue weighted by Crippen LogP contribution is -2.32. The van der Waals surface area contributed by atoms with Crippen LogP contribution >= 0.6 is 0 Å². The first-order valence-corrected chi connectivity index (χ1v) is 10.9. The molecule has 1 aromatic heterocycles. The van der Waals surface area contributed by atoms with Crippen LogP contribution in [-0.4, -0.2) is 48.0 Å². The molecule has 0 bridgehead atoms. The molecule has 0 aliphatic carbocycles. The normalized spacial score (nSPS) is 14.6. The number of rotatable bonds is 6. The van der Waals surface area contributed by atoms with Gasteiger partial charge in [0.2, 0.25) is 5.95 Å². The van der Waals surface area contributed by atoms with Crippen molar-refractivity contribution in [2.24, 2.45) is 0 Å². The number of aryl methyl sites for hydroxylation is 2. The number of aromatic nitrogens is 3. The standard InChI is InChI=1S/C25H27N5O5/c1-13-7-9-18(14(2)11-13)27-23(31)20-15(3)26-25-28-22(24(32)35-6)29-30(25)21(20)17-12-16(33-4)8-10-19(17)34-5/h7-12,21H,1-6H3,(H,27,31)(H,26,28,29)/t21-/m0/s1. The Morgan fingerprint density at radius 2 is 1.80 bits per heavy atom. The van der Waals surface area contributed by atoms with Crippen LogP contribution in [0.15, 0.2) is 47.7 Å². The van der Waals surface area contributed by atoms with E-state index in [9.17, 15) is 9.59 Å². The second-order valence-electron chi connectivity index (χ2n) is 8.14. The van der Waals surface area contributed by atoms with Gasteiger partial charge >= 0.3 is 5.97 Å². The van der Waals surface area contributed by atoms with Gasteiger partial charge in [-0.3, -0.25) is 4.79 Å². The summed E-state index contributed by atoms with van der Waals surface area (Å²) in [5.74, 6) is 0.220. The average molecular weight is 478 g/mol. The van der Waals surface area contributed by atoms with Crippen molar-refractivity contribution in [2.75, 3.05) is 32.0 Å². The Bertz CT molecular complexity index is 1340. The fourth-order valence-electron chi connectivity index (χ4n) is 4.11. The highest BCUT2D eigenvalue weighted by atomic mass is 16.5. The van der Waals surface area contributed by atoms with Crippen LogP contribution in [0.4, 0.5) is 11.6 Å². The number of carbonyl (C=O) groups excluding carboxylic acids is 2. The average Bonchev–Trinajstić information content (AvgIpc) is 3.27. The fraction of sp³-hybridized carbons (Fsp3) is 0.280. The van der Waals surface area contributed by atoms with Gasteiger partial charge in [0.1, 0.15) is 17.5 Å². The van der Waals surface area contributed by atoms with Gasteiger partial charge in [-0.2, -0.15) is 4.98 Å². The maximum absolute atomic E-state index is 13.7. The van der Waals surface area contributed by atoms with E-state index in [0.717, 1.165) is 11.1 Å². The molecule has 10 nitrogen and oxygen atoms in total. The second-order valence-corrected chi connectivity index (χ2v) is 8.14. The number of fused-ring (bicyclic) bond motifs is 1. The third kappa shape index (κ3) is 4.42. The molecule has 1 aliphatic heterocycles. The zero-order valence-corrected chi connectivity index (χ0v) is 20.4. The van der Waals surface area contributed by atoms with Crippen LogP contribution in [0, 0.1) is 13.8 Å². The van der Waals surface area contributed by atoms with E-state index in [1.54, 1.807) is 39.3 Å². The van der Waals surface area contributed by atoms with Gasteiger partial charge < -0.3 is 24.8 Å². The first-order chi connectivity index (χ1) is 16.8. The van der Waals surface area contributed by atoms with Gasteiger partial charge in [0, 0.05) is 16.9 Å². The maximum Gasteiger partial charge on any atom is 0.378 e. The third-order valence-electron chi connectivity index (χ3n) is 5.83. The van der Waals surface area contributed by atoms with Crippen molar-refractivity contribution in [3.63, 3.8) is 0 Å². The van der Waals surface area contributed by atoms with Crippen molar-refractivity contribution in [3.05, 3.63) is 70.2 Å². The molecule has 1 amide bonds. The van der Waals surface area contributed by atoms with Crippen LogP contribution in [0.2, 0.25) is 0 Å². The van der Waals surface area contributed by atoms with E-state index in [4.69, 9.17) is 14.2 Å². The van der Waals surface area contributed by atoms with Crippen molar-refractivity contribution in [1.29, 1.82) is 0 Å². The number of anilines is 2. The van der Waals surface area contributed by atoms with Crippen LogP contribution in [0.1, 0.15) is 40.3 Å².